The molecule has 1 heterocycles. The van der Waals surface area contributed by atoms with Crippen molar-refractivity contribution in [2.24, 2.45) is 0 Å². The van der Waals surface area contributed by atoms with Gasteiger partial charge in [-0.15, -0.1) is 0 Å². The Hall–Kier alpha value is -0.480. The monoisotopic (exact) mass is 307 g/mol. The number of nitrogens with one attached hydrogen (secondary N) is 2. The number of quaternary nitrogens is 1. The molecule has 1 saturated heterocycles. The van der Waals surface area contributed by atoms with E-state index in [1.807, 2.05) is 0 Å². The van der Waals surface area contributed by atoms with Gasteiger partial charge in [0.2, 0.25) is 0 Å². The second-order valence-corrected chi connectivity index (χ2v) is 5.65. The van der Waals surface area contributed by atoms with Crippen molar-refractivity contribution in [3.05, 3.63) is 27.2 Å². The summed E-state index contributed by atoms with van der Waals surface area (Å²) >= 11 is 17.7. The van der Waals surface area contributed by atoms with Crippen LogP contribution in [0.1, 0.15) is 12.8 Å². The predicted molar refractivity (Wildman–Crippen MR) is 74.9 cm³/mol. The maximum absolute atomic E-state index is 11.9. The number of hydrogen-bond donors (Lipinski definition) is 2. The first-order chi connectivity index (χ1) is 8.56. The standard InChI is InChI=1S/C12H13Cl3N2O/c13-8-5-10(15)11(6-9(8)14)16-12(18)7-17-3-1-2-4-17/h5-6H,1-4,7H2,(H,16,18)/p+1. The number of benzene rings is 1. The molecule has 1 amide bonds. The van der Waals surface area contributed by atoms with Gasteiger partial charge < -0.3 is 10.2 Å². The van der Waals surface area contributed by atoms with Crippen molar-refractivity contribution in [3.8, 4) is 0 Å². The number of likely N-dealkylation sites (tertiary alicyclic amines) is 1. The summed E-state index contributed by atoms with van der Waals surface area (Å²) in [5.41, 5.74) is 0.509. The lowest BCUT2D eigenvalue weighted by Gasteiger charge is -2.13. The van der Waals surface area contributed by atoms with Gasteiger partial charge in [-0.3, -0.25) is 4.79 Å². The summed E-state index contributed by atoms with van der Waals surface area (Å²) in [5, 5.41) is 3.93. The van der Waals surface area contributed by atoms with Crippen LogP contribution in [0.4, 0.5) is 5.69 Å². The molecule has 0 atom stereocenters. The Morgan fingerprint density at radius 2 is 1.72 bits per heavy atom. The van der Waals surface area contributed by atoms with Crippen LogP contribution in [0.3, 0.4) is 0 Å². The molecule has 18 heavy (non-hydrogen) atoms. The fourth-order valence-electron chi connectivity index (χ4n) is 2.09. The normalized spacial score (nSPS) is 15.9. The lowest BCUT2D eigenvalue weighted by molar-refractivity contribution is -0.878. The lowest BCUT2D eigenvalue weighted by atomic mass is 10.3. The number of amides is 1. The van der Waals surface area contributed by atoms with Crippen molar-refractivity contribution in [2.75, 3.05) is 25.0 Å². The summed E-state index contributed by atoms with van der Waals surface area (Å²) in [7, 11) is 0. The molecule has 2 N–H and O–H groups in total. The summed E-state index contributed by atoms with van der Waals surface area (Å²) in [5.74, 6) is -0.0489. The van der Waals surface area contributed by atoms with Crippen LogP contribution in [-0.4, -0.2) is 25.5 Å². The number of halogens is 3. The minimum absolute atomic E-state index is 0.0489. The Balaban J connectivity index is 2.00. The van der Waals surface area contributed by atoms with E-state index in [9.17, 15) is 4.79 Å². The highest BCUT2D eigenvalue weighted by molar-refractivity contribution is 6.44. The Morgan fingerprint density at radius 3 is 2.39 bits per heavy atom. The van der Waals surface area contributed by atoms with Crippen molar-refractivity contribution in [2.45, 2.75) is 12.8 Å². The topological polar surface area (TPSA) is 33.5 Å². The van der Waals surface area contributed by atoms with Gasteiger partial charge in [0.25, 0.3) is 5.91 Å². The fourth-order valence-corrected chi connectivity index (χ4v) is 2.69. The quantitative estimate of drug-likeness (QED) is 0.825. The van der Waals surface area contributed by atoms with Gasteiger partial charge in [-0.05, 0) is 12.1 Å². The van der Waals surface area contributed by atoms with E-state index in [1.54, 1.807) is 6.07 Å². The third kappa shape index (κ3) is 3.51. The molecule has 0 radical (unpaired) electrons. The third-order valence-corrected chi connectivity index (χ3v) is 4.04. The predicted octanol–water partition coefficient (Wildman–Crippen LogP) is 2.26. The molecule has 1 aliphatic heterocycles. The van der Waals surface area contributed by atoms with Gasteiger partial charge in [-0.25, -0.2) is 0 Å². The molecule has 0 saturated carbocycles. The zero-order valence-electron chi connectivity index (χ0n) is 9.73. The molecule has 0 spiro atoms. The average molecular weight is 309 g/mol. The molecular formula is C12H14Cl3N2O+. The zero-order valence-corrected chi connectivity index (χ0v) is 12.0. The van der Waals surface area contributed by atoms with Gasteiger partial charge in [0.1, 0.15) is 0 Å². The third-order valence-electron chi connectivity index (χ3n) is 3.01. The maximum Gasteiger partial charge on any atom is 0.279 e. The van der Waals surface area contributed by atoms with Gasteiger partial charge >= 0.3 is 0 Å². The van der Waals surface area contributed by atoms with Gasteiger partial charge in [0.05, 0.1) is 33.8 Å². The molecule has 0 aliphatic carbocycles. The molecular weight excluding hydrogens is 295 g/mol. The number of carbonyl (C=O) groups excluding carboxylic acids is 1. The SMILES string of the molecule is O=C(C[NH+]1CCCC1)Nc1cc(Cl)c(Cl)cc1Cl. The van der Waals surface area contributed by atoms with Crippen molar-refractivity contribution in [1.82, 2.24) is 0 Å². The molecule has 2 rings (SSSR count). The highest BCUT2D eigenvalue weighted by Crippen LogP contribution is 2.32. The van der Waals surface area contributed by atoms with E-state index in [2.05, 4.69) is 5.32 Å². The van der Waals surface area contributed by atoms with Crippen LogP contribution in [0.2, 0.25) is 15.1 Å². The molecule has 98 valence electrons. The fraction of sp³-hybridized carbons (Fsp3) is 0.417. The number of rotatable bonds is 3. The molecule has 1 aromatic carbocycles. The zero-order chi connectivity index (χ0) is 13.1. The highest BCUT2D eigenvalue weighted by Gasteiger charge is 2.19. The molecule has 6 heteroatoms. The van der Waals surface area contributed by atoms with E-state index in [1.165, 1.54) is 23.8 Å². The summed E-state index contributed by atoms with van der Waals surface area (Å²) < 4.78 is 0. The average Bonchev–Trinajstić information content (AvgIpc) is 2.78. The van der Waals surface area contributed by atoms with E-state index >= 15 is 0 Å². The smallest absolute Gasteiger partial charge is 0.279 e. The summed E-state index contributed by atoms with van der Waals surface area (Å²) in [6.45, 7) is 2.58. The molecule has 1 aromatic rings. The Bertz CT molecular complexity index is 459. The minimum atomic E-state index is -0.0489. The van der Waals surface area contributed by atoms with Crippen LogP contribution in [0.15, 0.2) is 12.1 Å². The van der Waals surface area contributed by atoms with Gasteiger partial charge in [0.15, 0.2) is 6.54 Å². The molecule has 0 aromatic heterocycles. The van der Waals surface area contributed by atoms with Crippen molar-refractivity contribution in [1.29, 1.82) is 0 Å². The van der Waals surface area contributed by atoms with Crippen LogP contribution in [-0.2, 0) is 4.79 Å². The van der Waals surface area contributed by atoms with E-state index in [0.29, 0.717) is 27.3 Å². The van der Waals surface area contributed by atoms with E-state index in [0.717, 1.165) is 13.1 Å². The molecule has 0 bridgehead atoms. The second kappa shape index (κ2) is 6.11. The number of carbonyl (C=O) groups is 1. The molecule has 1 fully saturated rings. The van der Waals surface area contributed by atoms with Crippen LogP contribution >= 0.6 is 34.8 Å². The Labute approximate surface area is 121 Å². The van der Waals surface area contributed by atoms with Crippen molar-refractivity contribution in [3.63, 3.8) is 0 Å². The Morgan fingerprint density at radius 1 is 1.11 bits per heavy atom. The van der Waals surface area contributed by atoms with E-state index in [4.69, 9.17) is 34.8 Å². The summed E-state index contributed by atoms with van der Waals surface area (Å²) in [4.78, 5) is 13.2. The molecule has 3 nitrogen and oxygen atoms in total. The summed E-state index contributed by atoms with van der Waals surface area (Å²) in [6, 6.07) is 3.10. The first-order valence-electron chi connectivity index (χ1n) is 5.84. The number of anilines is 1. The largest absolute Gasteiger partial charge is 0.327 e. The highest BCUT2D eigenvalue weighted by atomic mass is 35.5. The van der Waals surface area contributed by atoms with Crippen LogP contribution < -0.4 is 10.2 Å². The first-order valence-corrected chi connectivity index (χ1v) is 6.97. The van der Waals surface area contributed by atoms with Gasteiger partial charge in [0, 0.05) is 12.8 Å². The van der Waals surface area contributed by atoms with E-state index in [-0.39, 0.29) is 5.91 Å². The van der Waals surface area contributed by atoms with E-state index < -0.39 is 0 Å². The van der Waals surface area contributed by atoms with Crippen molar-refractivity contribution < 1.29 is 9.69 Å². The van der Waals surface area contributed by atoms with Crippen LogP contribution in [0, 0.1) is 0 Å². The Kier molecular flexibility index (Phi) is 4.73. The molecule has 1 aliphatic rings. The van der Waals surface area contributed by atoms with Crippen molar-refractivity contribution >= 4 is 46.4 Å². The van der Waals surface area contributed by atoms with Gasteiger partial charge in [-0.2, -0.15) is 0 Å². The van der Waals surface area contributed by atoms with Crippen LogP contribution in [0.5, 0.6) is 0 Å². The minimum Gasteiger partial charge on any atom is -0.327 e. The maximum atomic E-state index is 11.9. The van der Waals surface area contributed by atoms with Crippen LogP contribution in [0.25, 0.3) is 0 Å². The second-order valence-electron chi connectivity index (χ2n) is 4.43. The first kappa shape index (κ1) is 13.9. The lowest BCUT2D eigenvalue weighted by Crippen LogP contribution is -3.11. The summed E-state index contributed by atoms with van der Waals surface area (Å²) in [6.07, 6.45) is 2.38. The van der Waals surface area contributed by atoms with Gasteiger partial charge in [-0.1, -0.05) is 34.8 Å². The number of hydrogen-bond acceptors (Lipinski definition) is 1. The molecule has 0 unspecified atom stereocenters.